The Morgan fingerprint density at radius 3 is 1.95 bits per heavy atom. The lowest BCUT2D eigenvalue weighted by molar-refractivity contribution is -0.193. The van der Waals surface area contributed by atoms with E-state index in [0.29, 0.717) is 19.5 Å². The molecule has 0 radical (unpaired) electrons. The summed E-state index contributed by atoms with van der Waals surface area (Å²) in [6.45, 7) is 4.39. The van der Waals surface area contributed by atoms with Crippen LogP contribution in [0.15, 0.2) is 47.2 Å². The molecular weight excluding hydrogens is 528 g/mol. The highest BCUT2D eigenvalue weighted by Gasteiger charge is 2.38. The number of pyridine rings is 1. The summed E-state index contributed by atoms with van der Waals surface area (Å²) in [5, 5.41) is 14.2. The van der Waals surface area contributed by atoms with Gasteiger partial charge >= 0.3 is 24.3 Å². The van der Waals surface area contributed by atoms with E-state index in [4.69, 9.17) is 24.2 Å². The van der Waals surface area contributed by atoms with Crippen molar-refractivity contribution in [3.05, 3.63) is 54.2 Å². The number of amides is 1. The van der Waals surface area contributed by atoms with E-state index < -0.39 is 24.3 Å². The van der Waals surface area contributed by atoms with Crippen LogP contribution in [0, 0.1) is 0 Å². The molecule has 212 valence electrons. The number of carbonyl (C=O) groups is 3. The topological polar surface area (TPSA) is 124 Å². The van der Waals surface area contributed by atoms with Crippen LogP contribution >= 0.6 is 0 Å². The minimum Gasteiger partial charge on any atom is -0.475 e. The van der Waals surface area contributed by atoms with E-state index in [0.717, 1.165) is 24.4 Å². The number of furan rings is 1. The van der Waals surface area contributed by atoms with Gasteiger partial charge in [0.2, 0.25) is 5.91 Å². The Labute approximate surface area is 213 Å². The largest absolute Gasteiger partial charge is 0.490 e. The van der Waals surface area contributed by atoms with Gasteiger partial charge in [-0.3, -0.25) is 9.78 Å². The van der Waals surface area contributed by atoms with Crippen LogP contribution in [0.4, 0.5) is 26.3 Å². The van der Waals surface area contributed by atoms with Crippen LogP contribution in [0.2, 0.25) is 0 Å². The highest BCUT2D eigenvalue weighted by molar-refractivity contribution is 5.76. The van der Waals surface area contributed by atoms with Gasteiger partial charge in [-0.2, -0.15) is 26.3 Å². The normalized spacial score (nSPS) is 13.5. The summed E-state index contributed by atoms with van der Waals surface area (Å²) < 4.78 is 68.9. The summed E-state index contributed by atoms with van der Waals surface area (Å²) >= 11 is 0. The van der Waals surface area contributed by atoms with E-state index >= 15 is 0 Å². The van der Waals surface area contributed by atoms with Crippen LogP contribution in [-0.4, -0.2) is 74.8 Å². The summed E-state index contributed by atoms with van der Waals surface area (Å²) in [6, 6.07) is 9.55. The van der Waals surface area contributed by atoms with Gasteiger partial charge in [0.1, 0.15) is 5.76 Å². The number of carbonyl (C=O) groups excluding carboxylic acids is 1. The van der Waals surface area contributed by atoms with Crippen molar-refractivity contribution in [2.45, 2.75) is 51.1 Å². The smallest absolute Gasteiger partial charge is 0.475 e. The zero-order chi connectivity index (χ0) is 28.8. The van der Waals surface area contributed by atoms with Crippen molar-refractivity contribution >= 4 is 17.8 Å². The molecule has 2 aromatic heterocycles. The zero-order valence-corrected chi connectivity index (χ0v) is 20.0. The highest BCUT2D eigenvalue weighted by atomic mass is 19.4. The average molecular weight is 555 g/mol. The molecule has 38 heavy (non-hydrogen) atoms. The van der Waals surface area contributed by atoms with Crippen molar-refractivity contribution in [2.75, 3.05) is 19.6 Å². The average Bonchev–Trinajstić information content (AvgIpc) is 3.53. The van der Waals surface area contributed by atoms with Crippen molar-refractivity contribution in [3.63, 3.8) is 0 Å². The monoisotopic (exact) mass is 555 g/mol. The molecule has 0 aliphatic carbocycles. The summed E-state index contributed by atoms with van der Waals surface area (Å²) in [5.41, 5.74) is 0.900. The van der Waals surface area contributed by atoms with Gasteiger partial charge in [-0.05, 0) is 63.2 Å². The summed E-state index contributed by atoms with van der Waals surface area (Å²) in [5.74, 6) is -4.55. The first-order chi connectivity index (χ1) is 17.7. The number of hydrogen-bond donors (Lipinski definition) is 2. The van der Waals surface area contributed by atoms with Gasteiger partial charge in [-0.1, -0.05) is 6.07 Å². The number of likely N-dealkylation sites (tertiary alicyclic amines) is 1. The second-order valence-corrected chi connectivity index (χ2v) is 7.91. The lowest BCUT2D eigenvalue weighted by Gasteiger charge is -2.22. The lowest BCUT2D eigenvalue weighted by Crippen LogP contribution is -2.31. The van der Waals surface area contributed by atoms with Gasteiger partial charge in [0.05, 0.1) is 25.0 Å². The third-order valence-corrected chi connectivity index (χ3v) is 4.91. The minimum absolute atomic E-state index is 0.163. The molecule has 9 nitrogen and oxygen atoms in total. The molecular formula is C23H27F6N3O6. The number of aromatic nitrogens is 1. The molecule has 0 unspecified atom stereocenters. The number of carboxylic acids is 2. The summed E-state index contributed by atoms with van der Waals surface area (Å²) in [7, 11) is 0. The van der Waals surface area contributed by atoms with E-state index in [1.807, 2.05) is 35.2 Å². The molecule has 1 amide bonds. The van der Waals surface area contributed by atoms with Gasteiger partial charge in [-0.25, -0.2) is 9.59 Å². The number of rotatable bonds is 8. The van der Waals surface area contributed by atoms with E-state index in [1.165, 1.54) is 25.9 Å². The number of nitrogens with zero attached hydrogens (tertiary/aromatic N) is 3. The first-order valence-corrected chi connectivity index (χ1v) is 11.2. The molecule has 0 saturated carbocycles. The quantitative estimate of drug-likeness (QED) is 0.461. The Kier molecular flexibility index (Phi) is 13.3. The van der Waals surface area contributed by atoms with Gasteiger partial charge in [-0.15, -0.1) is 0 Å². The number of aliphatic carboxylic acids is 2. The SMILES string of the molecule is O=C(CCCN1CCCC1)N(Cc1ccccn1)Cc1ccco1.O=C(O)C(F)(F)F.O=C(O)C(F)(F)F. The molecule has 15 heteroatoms. The fourth-order valence-electron chi connectivity index (χ4n) is 3.13. The molecule has 1 aliphatic rings. The van der Waals surface area contributed by atoms with Crippen molar-refractivity contribution in [1.29, 1.82) is 0 Å². The van der Waals surface area contributed by atoms with Crippen molar-refractivity contribution in [3.8, 4) is 0 Å². The lowest BCUT2D eigenvalue weighted by atomic mass is 10.2. The van der Waals surface area contributed by atoms with Crippen LogP contribution in [-0.2, 0) is 27.5 Å². The van der Waals surface area contributed by atoms with E-state index in [2.05, 4.69) is 9.88 Å². The molecule has 0 bridgehead atoms. The van der Waals surface area contributed by atoms with E-state index in [-0.39, 0.29) is 5.91 Å². The standard InChI is InChI=1S/C19H25N3O2.2C2HF3O2/c23-19(9-5-13-21-11-3-4-12-21)22(16-18-8-6-14-24-18)15-17-7-1-2-10-20-17;2*3-2(4,5)1(6)7/h1-2,6-8,10,14H,3-5,9,11-13,15-16H2;2*(H,6,7). The van der Waals surface area contributed by atoms with Crippen LogP contribution in [0.5, 0.6) is 0 Å². The van der Waals surface area contributed by atoms with E-state index in [9.17, 15) is 31.1 Å². The highest BCUT2D eigenvalue weighted by Crippen LogP contribution is 2.15. The molecule has 0 aromatic carbocycles. The maximum Gasteiger partial charge on any atom is 0.490 e. The number of alkyl halides is 6. The predicted octanol–water partition coefficient (Wildman–Crippen LogP) is 4.35. The molecule has 0 spiro atoms. The molecule has 0 atom stereocenters. The van der Waals surface area contributed by atoms with Crippen molar-refractivity contribution in [1.82, 2.24) is 14.8 Å². The van der Waals surface area contributed by atoms with Gasteiger partial charge < -0.3 is 24.4 Å². The predicted molar refractivity (Wildman–Crippen MR) is 119 cm³/mol. The Bertz CT molecular complexity index is 954. The van der Waals surface area contributed by atoms with Gasteiger partial charge in [0.15, 0.2) is 0 Å². The number of carboxylic acid groups (broad SMARTS) is 2. The Morgan fingerprint density at radius 1 is 0.921 bits per heavy atom. The summed E-state index contributed by atoms with van der Waals surface area (Å²) in [4.78, 5) is 39.1. The fraction of sp³-hybridized carbons (Fsp3) is 0.478. The molecule has 3 heterocycles. The Balaban J connectivity index is 0.000000426. The molecule has 1 fully saturated rings. The molecule has 3 rings (SSSR count). The molecule has 1 aliphatic heterocycles. The third kappa shape index (κ3) is 13.6. The first-order valence-electron chi connectivity index (χ1n) is 11.2. The number of halogens is 6. The number of hydrogen-bond acceptors (Lipinski definition) is 6. The van der Waals surface area contributed by atoms with Crippen LogP contribution in [0.3, 0.4) is 0 Å². The molecule has 2 aromatic rings. The zero-order valence-electron chi connectivity index (χ0n) is 20.0. The first kappa shape index (κ1) is 32.4. The fourth-order valence-corrected chi connectivity index (χ4v) is 3.13. The Hall–Kier alpha value is -3.62. The molecule has 2 N–H and O–H groups in total. The second kappa shape index (κ2) is 15.6. The van der Waals surface area contributed by atoms with Crippen molar-refractivity contribution in [2.24, 2.45) is 0 Å². The molecule has 1 saturated heterocycles. The minimum atomic E-state index is -5.08. The van der Waals surface area contributed by atoms with Gasteiger partial charge in [0.25, 0.3) is 0 Å². The maximum atomic E-state index is 12.7. The van der Waals surface area contributed by atoms with Gasteiger partial charge in [0, 0.05) is 12.6 Å². The summed E-state index contributed by atoms with van der Waals surface area (Å²) in [6.07, 6.45) is -2.69. The van der Waals surface area contributed by atoms with Crippen LogP contribution in [0.25, 0.3) is 0 Å². The van der Waals surface area contributed by atoms with Crippen LogP contribution < -0.4 is 0 Å². The Morgan fingerprint density at radius 2 is 1.50 bits per heavy atom. The van der Waals surface area contributed by atoms with Crippen molar-refractivity contribution < 1.29 is 55.4 Å². The van der Waals surface area contributed by atoms with E-state index in [1.54, 1.807) is 12.5 Å². The third-order valence-electron chi connectivity index (χ3n) is 4.91. The second-order valence-electron chi connectivity index (χ2n) is 7.91. The maximum absolute atomic E-state index is 12.7. The van der Waals surface area contributed by atoms with Crippen LogP contribution in [0.1, 0.15) is 37.1 Å².